The average molecular weight is 413 g/mol. The number of hydrogen-bond acceptors (Lipinski definition) is 4. The van der Waals surface area contributed by atoms with Gasteiger partial charge in [0.1, 0.15) is 5.75 Å². The number of halogens is 1. The van der Waals surface area contributed by atoms with Crippen LogP contribution in [0.5, 0.6) is 5.75 Å². The van der Waals surface area contributed by atoms with Gasteiger partial charge in [-0.2, -0.15) is 4.72 Å². The van der Waals surface area contributed by atoms with Crippen LogP contribution >= 0.6 is 15.9 Å². The van der Waals surface area contributed by atoms with Crippen molar-refractivity contribution < 1.29 is 17.9 Å². The van der Waals surface area contributed by atoms with Gasteiger partial charge in [-0.3, -0.25) is 4.79 Å². The lowest BCUT2D eigenvalue weighted by Crippen LogP contribution is -2.41. The topological polar surface area (TPSA) is 84.5 Å². The third kappa shape index (κ3) is 4.56. The van der Waals surface area contributed by atoms with Crippen LogP contribution in [0.1, 0.15) is 6.92 Å². The molecule has 2 aromatic carbocycles. The highest BCUT2D eigenvalue weighted by molar-refractivity contribution is 9.10. The van der Waals surface area contributed by atoms with Crippen molar-refractivity contribution in [3.05, 3.63) is 53.0 Å². The predicted molar refractivity (Wildman–Crippen MR) is 95.5 cm³/mol. The zero-order valence-electron chi connectivity index (χ0n) is 13.1. The molecule has 0 heterocycles. The molecule has 0 bridgehead atoms. The summed E-state index contributed by atoms with van der Waals surface area (Å²) in [5.41, 5.74) is 0.568. The fraction of sp³-hybridized carbons (Fsp3) is 0.188. The monoisotopic (exact) mass is 412 g/mol. The summed E-state index contributed by atoms with van der Waals surface area (Å²) in [7, 11) is -2.31. The molecule has 0 fully saturated rings. The molecule has 2 N–H and O–H groups in total. The molecule has 0 radical (unpaired) electrons. The quantitative estimate of drug-likeness (QED) is 0.763. The third-order valence-electron chi connectivity index (χ3n) is 3.23. The first-order chi connectivity index (χ1) is 11.3. The number of amides is 1. The Kier molecular flexibility index (Phi) is 5.98. The Bertz CT molecular complexity index is 822. The molecule has 24 heavy (non-hydrogen) atoms. The van der Waals surface area contributed by atoms with Crippen LogP contribution in [0.15, 0.2) is 57.9 Å². The van der Waals surface area contributed by atoms with Gasteiger partial charge in [-0.05, 0) is 59.3 Å². The maximum Gasteiger partial charge on any atom is 0.242 e. The first-order valence-corrected chi connectivity index (χ1v) is 9.33. The molecule has 0 aliphatic heterocycles. The number of para-hydroxylation sites is 1. The summed E-state index contributed by atoms with van der Waals surface area (Å²) in [6.07, 6.45) is 0. The molecule has 1 unspecified atom stereocenters. The Morgan fingerprint density at radius 1 is 1.12 bits per heavy atom. The first kappa shape index (κ1) is 18.4. The molecular weight excluding hydrogens is 396 g/mol. The van der Waals surface area contributed by atoms with Gasteiger partial charge in [-0.1, -0.05) is 12.1 Å². The van der Waals surface area contributed by atoms with E-state index in [2.05, 4.69) is 26.0 Å². The van der Waals surface area contributed by atoms with E-state index in [1.165, 1.54) is 26.2 Å². The second kappa shape index (κ2) is 7.78. The Morgan fingerprint density at radius 3 is 2.33 bits per heavy atom. The largest absolute Gasteiger partial charge is 0.497 e. The van der Waals surface area contributed by atoms with Crippen molar-refractivity contribution in [2.45, 2.75) is 17.9 Å². The standard InChI is InChI=1S/C16H17BrN2O4S/c1-11(16(20)18-15-6-4-3-5-14(15)17)19-24(21,22)13-9-7-12(23-2)8-10-13/h3-11,19H,1-2H3,(H,18,20). The second-order valence-corrected chi connectivity index (χ2v) is 7.56. The fourth-order valence-electron chi connectivity index (χ4n) is 1.91. The highest BCUT2D eigenvalue weighted by Crippen LogP contribution is 2.21. The predicted octanol–water partition coefficient (Wildman–Crippen LogP) is 2.76. The lowest BCUT2D eigenvalue weighted by Gasteiger charge is -2.15. The minimum Gasteiger partial charge on any atom is -0.497 e. The molecule has 1 amide bonds. The number of anilines is 1. The van der Waals surface area contributed by atoms with E-state index in [-0.39, 0.29) is 4.90 Å². The second-order valence-electron chi connectivity index (χ2n) is 4.99. The molecule has 8 heteroatoms. The van der Waals surface area contributed by atoms with Crippen LogP contribution in [0.25, 0.3) is 0 Å². The summed E-state index contributed by atoms with van der Waals surface area (Å²) >= 11 is 3.32. The molecule has 0 saturated heterocycles. The van der Waals surface area contributed by atoms with E-state index in [1.807, 2.05) is 6.07 Å². The number of carbonyl (C=O) groups excluding carboxylic acids is 1. The van der Waals surface area contributed by atoms with Crippen molar-refractivity contribution in [1.29, 1.82) is 0 Å². The van der Waals surface area contributed by atoms with E-state index in [9.17, 15) is 13.2 Å². The number of hydrogen-bond donors (Lipinski definition) is 2. The normalized spacial score (nSPS) is 12.5. The van der Waals surface area contributed by atoms with Crippen molar-refractivity contribution >= 4 is 37.5 Å². The molecule has 0 saturated carbocycles. The first-order valence-electron chi connectivity index (χ1n) is 7.05. The summed E-state index contributed by atoms with van der Waals surface area (Å²) in [4.78, 5) is 12.3. The Labute approximate surface area is 149 Å². The van der Waals surface area contributed by atoms with E-state index in [0.717, 1.165) is 0 Å². The SMILES string of the molecule is COc1ccc(S(=O)(=O)NC(C)C(=O)Nc2ccccc2Br)cc1. The summed E-state index contributed by atoms with van der Waals surface area (Å²) in [6, 6.07) is 12.1. The minimum absolute atomic E-state index is 0.0591. The molecule has 0 aliphatic rings. The van der Waals surface area contributed by atoms with E-state index >= 15 is 0 Å². The summed E-state index contributed by atoms with van der Waals surface area (Å²) in [5.74, 6) is 0.0904. The van der Waals surface area contributed by atoms with Crippen LogP contribution in [-0.4, -0.2) is 27.5 Å². The zero-order chi connectivity index (χ0) is 17.7. The van der Waals surface area contributed by atoms with Gasteiger partial charge in [0.25, 0.3) is 0 Å². The summed E-state index contributed by atoms with van der Waals surface area (Å²) in [5, 5.41) is 2.67. The Balaban J connectivity index is 2.08. The lowest BCUT2D eigenvalue weighted by atomic mass is 10.3. The van der Waals surface area contributed by atoms with E-state index in [4.69, 9.17) is 4.74 Å². The molecule has 1 atom stereocenters. The van der Waals surface area contributed by atoms with E-state index in [1.54, 1.807) is 30.3 Å². The number of sulfonamides is 1. The van der Waals surface area contributed by atoms with E-state index in [0.29, 0.717) is 15.9 Å². The van der Waals surface area contributed by atoms with Gasteiger partial charge in [-0.15, -0.1) is 0 Å². The van der Waals surface area contributed by atoms with Crippen molar-refractivity contribution in [2.24, 2.45) is 0 Å². The number of rotatable bonds is 6. The average Bonchev–Trinajstić information content (AvgIpc) is 2.56. The maximum atomic E-state index is 12.3. The van der Waals surface area contributed by atoms with Crippen molar-refractivity contribution in [3.8, 4) is 5.75 Å². The van der Waals surface area contributed by atoms with Gasteiger partial charge in [0.15, 0.2) is 0 Å². The number of methoxy groups -OCH3 is 1. The van der Waals surface area contributed by atoms with Gasteiger partial charge in [-0.25, -0.2) is 8.42 Å². The van der Waals surface area contributed by atoms with Crippen LogP contribution in [-0.2, 0) is 14.8 Å². The van der Waals surface area contributed by atoms with Crippen LogP contribution in [0, 0.1) is 0 Å². The van der Waals surface area contributed by atoms with Gasteiger partial charge in [0.2, 0.25) is 15.9 Å². The van der Waals surface area contributed by atoms with Crippen molar-refractivity contribution in [1.82, 2.24) is 4.72 Å². The van der Waals surface area contributed by atoms with Crippen LogP contribution < -0.4 is 14.8 Å². The van der Waals surface area contributed by atoms with Crippen molar-refractivity contribution in [3.63, 3.8) is 0 Å². The molecular formula is C16H17BrN2O4S. The fourth-order valence-corrected chi connectivity index (χ4v) is 3.50. The number of nitrogens with one attached hydrogen (secondary N) is 2. The smallest absolute Gasteiger partial charge is 0.242 e. The molecule has 0 aliphatic carbocycles. The zero-order valence-corrected chi connectivity index (χ0v) is 15.5. The number of carbonyl (C=O) groups is 1. The minimum atomic E-state index is -3.81. The van der Waals surface area contributed by atoms with Gasteiger partial charge >= 0.3 is 0 Å². The van der Waals surface area contributed by atoms with Crippen LogP contribution in [0.4, 0.5) is 5.69 Å². The molecule has 6 nitrogen and oxygen atoms in total. The van der Waals surface area contributed by atoms with E-state index < -0.39 is 22.0 Å². The van der Waals surface area contributed by atoms with Crippen LogP contribution in [0.2, 0.25) is 0 Å². The molecule has 2 aromatic rings. The Morgan fingerprint density at radius 2 is 1.75 bits per heavy atom. The molecule has 2 rings (SSSR count). The highest BCUT2D eigenvalue weighted by atomic mass is 79.9. The molecule has 0 spiro atoms. The van der Waals surface area contributed by atoms with Crippen LogP contribution in [0.3, 0.4) is 0 Å². The summed E-state index contributed by atoms with van der Waals surface area (Å²) in [6.45, 7) is 1.48. The maximum absolute atomic E-state index is 12.3. The van der Waals surface area contributed by atoms with Gasteiger partial charge in [0, 0.05) is 4.47 Å². The number of benzene rings is 2. The highest BCUT2D eigenvalue weighted by Gasteiger charge is 2.22. The molecule has 128 valence electrons. The lowest BCUT2D eigenvalue weighted by molar-refractivity contribution is -0.117. The van der Waals surface area contributed by atoms with Crippen molar-refractivity contribution in [2.75, 3.05) is 12.4 Å². The van der Waals surface area contributed by atoms with Gasteiger partial charge in [0.05, 0.1) is 23.7 Å². The molecule has 0 aromatic heterocycles. The third-order valence-corrected chi connectivity index (χ3v) is 5.47. The summed E-state index contributed by atoms with van der Waals surface area (Å²) < 4.78 is 32.7. The number of ether oxygens (including phenoxy) is 1. The Hall–Kier alpha value is -1.90. The van der Waals surface area contributed by atoms with Gasteiger partial charge < -0.3 is 10.1 Å².